The van der Waals surface area contributed by atoms with Crippen LogP contribution in [0.5, 0.6) is 0 Å². The SMILES string of the molecule is CCC(CN)C(=O)NCC1CCCCN1C. The summed E-state index contributed by atoms with van der Waals surface area (Å²) < 4.78 is 0. The maximum absolute atomic E-state index is 11.7. The van der Waals surface area contributed by atoms with E-state index in [0.29, 0.717) is 12.6 Å². The summed E-state index contributed by atoms with van der Waals surface area (Å²) in [6.45, 7) is 4.37. The van der Waals surface area contributed by atoms with Crippen LogP contribution in [0.3, 0.4) is 0 Å². The summed E-state index contributed by atoms with van der Waals surface area (Å²) in [5.74, 6) is 0.0953. The number of carbonyl (C=O) groups is 1. The second kappa shape index (κ2) is 6.86. The summed E-state index contributed by atoms with van der Waals surface area (Å²) in [6, 6.07) is 0.507. The molecule has 94 valence electrons. The van der Waals surface area contributed by atoms with Gasteiger partial charge in [0.05, 0.1) is 0 Å². The number of likely N-dealkylation sites (tertiary alicyclic amines) is 1. The van der Waals surface area contributed by atoms with Crippen molar-refractivity contribution in [2.45, 2.75) is 38.6 Å². The molecule has 0 bridgehead atoms. The van der Waals surface area contributed by atoms with Crippen LogP contribution in [0.25, 0.3) is 0 Å². The topological polar surface area (TPSA) is 58.4 Å². The number of amides is 1. The molecule has 0 aromatic heterocycles. The van der Waals surface area contributed by atoms with Crippen molar-refractivity contribution in [1.29, 1.82) is 0 Å². The Bertz CT molecular complexity index is 216. The van der Waals surface area contributed by atoms with Gasteiger partial charge in [0.2, 0.25) is 5.91 Å². The van der Waals surface area contributed by atoms with Crippen molar-refractivity contribution < 1.29 is 4.79 Å². The Morgan fingerprint density at radius 2 is 2.31 bits per heavy atom. The second-order valence-electron chi connectivity index (χ2n) is 4.72. The molecule has 4 heteroatoms. The van der Waals surface area contributed by atoms with Crippen molar-refractivity contribution in [2.75, 3.05) is 26.7 Å². The molecule has 0 aliphatic carbocycles. The monoisotopic (exact) mass is 227 g/mol. The van der Waals surface area contributed by atoms with E-state index in [1.807, 2.05) is 6.92 Å². The summed E-state index contributed by atoms with van der Waals surface area (Å²) in [4.78, 5) is 14.1. The lowest BCUT2D eigenvalue weighted by molar-refractivity contribution is -0.125. The summed E-state index contributed by atoms with van der Waals surface area (Å²) in [5, 5.41) is 3.02. The maximum Gasteiger partial charge on any atom is 0.224 e. The van der Waals surface area contributed by atoms with Crippen LogP contribution in [0.4, 0.5) is 0 Å². The Kier molecular flexibility index (Phi) is 5.77. The molecule has 2 atom stereocenters. The molecule has 1 fully saturated rings. The first-order valence-electron chi connectivity index (χ1n) is 6.37. The normalized spacial score (nSPS) is 24.1. The predicted octanol–water partition coefficient (Wildman–Crippen LogP) is 0.572. The van der Waals surface area contributed by atoms with E-state index in [0.717, 1.165) is 19.5 Å². The second-order valence-corrected chi connectivity index (χ2v) is 4.72. The highest BCUT2D eigenvalue weighted by Crippen LogP contribution is 2.14. The fourth-order valence-corrected chi connectivity index (χ4v) is 2.22. The van der Waals surface area contributed by atoms with E-state index in [2.05, 4.69) is 17.3 Å². The molecule has 1 rings (SSSR count). The van der Waals surface area contributed by atoms with Crippen LogP contribution >= 0.6 is 0 Å². The van der Waals surface area contributed by atoms with E-state index in [9.17, 15) is 4.79 Å². The number of nitrogens with two attached hydrogens (primary N) is 1. The number of carbonyl (C=O) groups excluding carboxylic acids is 1. The number of piperidine rings is 1. The van der Waals surface area contributed by atoms with Gasteiger partial charge in [-0.2, -0.15) is 0 Å². The third kappa shape index (κ3) is 3.76. The van der Waals surface area contributed by atoms with E-state index in [4.69, 9.17) is 5.73 Å². The van der Waals surface area contributed by atoms with E-state index >= 15 is 0 Å². The molecule has 2 unspecified atom stereocenters. The molecule has 0 spiro atoms. The van der Waals surface area contributed by atoms with Crippen molar-refractivity contribution in [1.82, 2.24) is 10.2 Å². The third-order valence-corrected chi connectivity index (χ3v) is 3.58. The minimum Gasteiger partial charge on any atom is -0.354 e. The quantitative estimate of drug-likeness (QED) is 0.722. The fourth-order valence-electron chi connectivity index (χ4n) is 2.22. The van der Waals surface area contributed by atoms with Crippen LogP contribution in [0.2, 0.25) is 0 Å². The third-order valence-electron chi connectivity index (χ3n) is 3.58. The van der Waals surface area contributed by atoms with Gasteiger partial charge >= 0.3 is 0 Å². The summed E-state index contributed by atoms with van der Waals surface area (Å²) in [5.41, 5.74) is 5.55. The largest absolute Gasteiger partial charge is 0.354 e. The Morgan fingerprint density at radius 1 is 1.56 bits per heavy atom. The van der Waals surface area contributed by atoms with Crippen molar-refractivity contribution >= 4 is 5.91 Å². The van der Waals surface area contributed by atoms with Crippen molar-refractivity contribution in [3.8, 4) is 0 Å². The molecule has 3 N–H and O–H groups in total. The fraction of sp³-hybridized carbons (Fsp3) is 0.917. The molecule has 4 nitrogen and oxygen atoms in total. The number of nitrogens with zero attached hydrogens (tertiary/aromatic N) is 1. The average molecular weight is 227 g/mol. The van der Waals surface area contributed by atoms with E-state index < -0.39 is 0 Å². The zero-order valence-electron chi connectivity index (χ0n) is 10.5. The zero-order chi connectivity index (χ0) is 12.0. The van der Waals surface area contributed by atoms with Gasteiger partial charge in [0, 0.05) is 25.0 Å². The average Bonchev–Trinajstić information content (AvgIpc) is 2.29. The first kappa shape index (κ1) is 13.5. The number of nitrogens with one attached hydrogen (secondary N) is 1. The Balaban J connectivity index is 2.29. The first-order chi connectivity index (χ1) is 7.69. The van der Waals surface area contributed by atoms with Crippen LogP contribution in [-0.4, -0.2) is 43.5 Å². The molecule has 1 aliphatic rings. The number of hydrogen-bond acceptors (Lipinski definition) is 3. The molecular weight excluding hydrogens is 202 g/mol. The molecular formula is C12H25N3O. The van der Waals surface area contributed by atoms with Crippen LogP contribution in [0.1, 0.15) is 32.6 Å². The Labute approximate surface area is 98.6 Å². The van der Waals surface area contributed by atoms with Crippen LogP contribution in [0.15, 0.2) is 0 Å². The lowest BCUT2D eigenvalue weighted by Gasteiger charge is -2.32. The first-order valence-corrected chi connectivity index (χ1v) is 6.37. The Morgan fingerprint density at radius 3 is 2.88 bits per heavy atom. The van der Waals surface area contributed by atoms with Crippen LogP contribution < -0.4 is 11.1 Å². The molecule has 1 amide bonds. The van der Waals surface area contributed by atoms with E-state index in [1.165, 1.54) is 19.3 Å². The predicted molar refractivity (Wildman–Crippen MR) is 66.1 cm³/mol. The molecule has 1 heterocycles. The highest BCUT2D eigenvalue weighted by Gasteiger charge is 2.21. The standard InChI is InChI=1S/C12H25N3O/c1-3-10(8-13)12(16)14-9-11-6-4-5-7-15(11)2/h10-11H,3-9,13H2,1-2H3,(H,14,16). The molecule has 16 heavy (non-hydrogen) atoms. The van der Waals surface area contributed by atoms with Gasteiger partial charge in [0.25, 0.3) is 0 Å². The number of likely N-dealkylation sites (N-methyl/N-ethyl adjacent to an activating group) is 1. The zero-order valence-corrected chi connectivity index (χ0v) is 10.5. The van der Waals surface area contributed by atoms with E-state index in [1.54, 1.807) is 0 Å². The van der Waals surface area contributed by atoms with Crippen LogP contribution in [0, 0.1) is 5.92 Å². The molecule has 0 radical (unpaired) electrons. The highest BCUT2D eigenvalue weighted by atomic mass is 16.1. The highest BCUT2D eigenvalue weighted by molar-refractivity contribution is 5.78. The van der Waals surface area contributed by atoms with Gasteiger partial charge in [0.15, 0.2) is 0 Å². The summed E-state index contributed by atoms with van der Waals surface area (Å²) in [7, 11) is 2.14. The van der Waals surface area contributed by atoms with Crippen molar-refractivity contribution in [2.24, 2.45) is 11.7 Å². The molecule has 1 saturated heterocycles. The van der Waals surface area contributed by atoms with Crippen LogP contribution in [-0.2, 0) is 4.79 Å². The van der Waals surface area contributed by atoms with Gasteiger partial charge in [-0.1, -0.05) is 13.3 Å². The minimum absolute atomic E-state index is 0.0195. The van der Waals surface area contributed by atoms with Gasteiger partial charge in [-0.25, -0.2) is 0 Å². The molecule has 1 aliphatic heterocycles. The van der Waals surface area contributed by atoms with Crippen molar-refractivity contribution in [3.63, 3.8) is 0 Å². The summed E-state index contributed by atoms with van der Waals surface area (Å²) >= 11 is 0. The van der Waals surface area contributed by atoms with E-state index in [-0.39, 0.29) is 11.8 Å². The number of hydrogen-bond donors (Lipinski definition) is 2. The Hall–Kier alpha value is -0.610. The summed E-state index contributed by atoms with van der Waals surface area (Å²) in [6.07, 6.45) is 4.57. The lowest BCUT2D eigenvalue weighted by Crippen LogP contribution is -2.46. The maximum atomic E-state index is 11.7. The lowest BCUT2D eigenvalue weighted by atomic mass is 10.0. The minimum atomic E-state index is -0.0195. The van der Waals surface area contributed by atoms with Gasteiger partial charge in [-0.05, 0) is 32.9 Å². The smallest absolute Gasteiger partial charge is 0.224 e. The molecule has 0 aromatic carbocycles. The van der Waals surface area contributed by atoms with Gasteiger partial charge in [-0.3, -0.25) is 4.79 Å². The molecule has 0 aromatic rings. The molecule has 0 saturated carbocycles. The van der Waals surface area contributed by atoms with Gasteiger partial charge < -0.3 is 16.0 Å². The van der Waals surface area contributed by atoms with Crippen molar-refractivity contribution in [3.05, 3.63) is 0 Å². The van der Waals surface area contributed by atoms with Gasteiger partial charge in [-0.15, -0.1) is 0 Å². The van der Waals surface area contributed by atoms with Gasteiger partial charge in [0.1, 0.15) is 0 Å². The number of rotatable bonds is 5.